The highest BCUT2D eigenvalue weighted by molar-refractivity contribution is 5.62. The van der Waals surface area contributed by atoms with Crippen LogP contribution in [-0.4, -0.2) is 65.3 Å². The Morgan fingerprint density at radius 3 is 1.96 bits per heavy atom. The molecule has 1 aliphatic heterocycles. The maximum Gasteiger partial charge on any atom is 0.151 e. The average Bonchev–Trinajstić information content (AvgIpc) is 2.56. The first-order chi connectivity index (χ1) is 10.7. The number of hydrogen-bond donors (Lipinski definition) is 1. The van der Waals surface area contributed by atoms with Crippen LogP contribution in [0.2, 0.25) is 0 Å². The monoisotopic (exact) mass is 322 g/mol. The van der Waals surface area contributed by atoms with Crippen LogP contribution in [0.3, 0.4) is 0 Å². The molecular formula is C17H30N4O2. The second kappa shape index (κ2) is 7.84. The summed E-state index contributed by atoms with van der Waals surface area (Å²) in [5.41, 5.74) is 0.651. The number of nitrogens with zero attached hydrogens (tertiary/aromatic N) is 4. The Morgan fingerprint density at radius 1 is 1.00 bits per heavy atom. The molecule has 0 unspecified atom stereocenters. The van der Waals surface area contributed by atoms with Crippen LogP contribution in [-0.2, 0) is 10.2 Å². The van der Waals surface area contributed by atoms with Crippen LogP contribution in [0.1, 0.15) is 40.3 Å². The third kappa shape index (κ3) is 4.97. The Morgan fingerprint density at radius 2 is 1.57 bits per heavy atom. The molecule has 0 aromatic carbocycles. The lowest BCUT2D eigenvalue weighted by Gasteiger charge is -2.41. The number of aldehydes is 1. The number of aromatic nitrogens is 2. The van der Waals surface area contributed by atoms with Crippen LogP contribution < -0.4 is 4.90 Å². The van der Waals surface area contributed by atoms with Crippen molar-refractivity contribution in [1.29, 1.82) is 0 Å². The predicted octanol–water partition coefficient (Wildman–Crippen LogP) is 1.48. The van der Waals surface area contributed by atoms with Crippen molar-refractivity contribution >= 4 is 12.1 Å². The third-order valence-electron chi connectivity index (χ3n) is 4.13. The van der Waals surface area contributed by atoms with E-state index in [1.807, 2.05) is 19.9 Å². The second-order valence-electron chi connectivity index (χ2n) is 7.27. The molecule has 2 heterocycles. The highest BCUT2D eigenvalue weighted by Crippen LogP contribution is 2.22. The lowest BCUT2D eigenvalue weighted by atomic mass is 9.92. The molecule has 130 valence electrons. The van der Waals surface area contributed by atoms with Crippen LogP contribution in [0.25, 0.3) is 0 Å². The molecule has 23 heavy (non-hydrogen) atoms. The van der Waals surface area contributed by atoms with Gasteiger partial charge in [-0.3, -0.25) is 4.90 Å². The van der Waals surface area contributed by atoms with Gasteiger partial charge in [0.15, 0.2) is 5.82 Å². The summed E-state index contributed by atoms with van der Waals surface area (Å²) in [4.78, 5) is 15.6. The first-order valence-corrected chi connectivity index (χ1v) is 7.99. The molecule has 1 fully saturated rings. The number of piperazine rings is 1. The van der Waals surface area contributed by atoms with Gasteiger partial charge in [0, 0.05) is 38.7 Å². The van der Waals surface area contributed by atoms with Gasteiger partial charge in [-0.05, 0) is 26.0 Å². The topological polar surface area (TPSA) is 69.6 Å². The summed E-state index contributed by atoms with van der Waals surface area (Å²) < 4.78 is 0. The zero-order valence-corrected chi connectivity index (χ0v) is 15.2. The molecule has 0 bridgehead atoms. The summed E-state index contributed by atoms with van der Waals surface area (Å²) >= 11 is 0. The van der Waals surface area contributed by atoms with Crippen molar-refractivity contribution in [2.45, 2.75) is 45.6 Å². The van der Waals surface area contributed by atoms with E-state index in [9.17, 15) is 4.79 Å². The fourth-order valence-corrected chi connectivity index (χ4v) is 2.48. The van der Waals surface area contributed by atoms with Gasteiger partial charge in [-0.2, -0.15) is 5.10 Å². The summed E-state index contributed by atoms with van der Waals surface area (Å²) in [6.45, 7) is 13.8. The zero-order valence-electron chi connectivity index (χ0n) is 15.2. The van der Waals surface area contributed by atoms with Gasteiger partial charge >= 0.3 is 0 Å². The van der Waals surface area contributed by atoms with Crippen LogP contribution in [0.15, 0.2) is 12.1 Å². The molecule has 0 atom stereocenters. The van der Waals surface area contributed by atoms with E-state index >= 15 is 0 Å². The Labute approximate surface area is 139 Å². The fraction of sp³-hybridized carbons (Fsp3) is 0.706. The highest BCUT2D eigenvalue weighted by atomic mass is 16.2. The van der Waals surface area contributed by atoms with Gasteiger partial charge in [0.2, 0.25) is 0 Å². The van der Waals surface area contributed by atoms with E-state index in [0.29, 0.717) is 0 Å². The number of rotatable bonds is 3. The fourth-order valence-electron chi connectivity index (χ4n) is 2.48. The minimum Gasteiger partial charge on any atom is -0.400 e. The minimum absolute atomic E-state index is 0.0260. The first-order valence-electron chi connectivity index (χ1n) is 7.99. The molecular weight excluding hydrogens is 292 g/mol. The second-order valence-corrected chi connectivity index (χ2v) is 7.27. The molecule has 0 aliphatic carbocycles. The number of aliphatic hydroxyl groups excluding tert-OH is 1. The maximum absolute atomic E-state index is 11.1. The van der Waals surface area contributed by atoms with Crippen LogP contribution in [0.5, 0.6) is 0 Å². The van der Waals surface area contributed by atoms with Crippen molar-refractivity contribution in [2.24, 2.45) is 0 Å². The molecule has 0 saturated carbocycles. The number of carbonyl (C=O) groups is 1. The van der Waals surface area contributed by atoms with E-state index < -0.39 is 0 Å². The SMILES string of the molecule is CC(C)(C)c1ccc(N2CCN(C(C)(C)C=O)CC2)nn1.CO. The largest absolute Gasteiger partial charge is 0.400 e. The van der Waals surface area contributed by atoms with Crippen LogP contribution >= 0.6 is 0 Å². The Hall–Kier alpha value is -1.53. The number of aliphatic hydroxyl groups is 1. The Balaban J connectivity index is 0.00000127. The maximum atomic E-state index is 11.1. The van der Waals surface area contributed by atoms with Gasteiger partial charge in [0.05, 0.1) is 11.2 Å². The van der Waals surface area contributed by atoms with E-state index in [2.05, 4.69) is 46.8 Å². The standard InChI is InChI=1S/C16H26N4O.CH4O/c1-15(2,3)13-6-7-14(18-17-13)19-8-10-20(11-9-19)16(4,5)12-21;1-2/h6-7,12H,8-11H2,1-5H3;2H,1H3. The molecule has 1 saturated heterocycles. The number of anilines is 1. The lowest BCUT2D eigenvalue weighted by molar-refractivity contribution is -0.117. The molecule has 0 spiro atoms. The number of carbonyl (C=O) groups excluding carboxylic acids is 1. The summed E-state index contributed by atoms with van der Waals surface area (Å²) in [7, 11) is 1.00. The van der Waals surface area contributed by atoms with Crippen LogP contribution in [0, 0.1) is 0 Å². The molecule has 0 amide bonds. The summed E-state index contributed by atoms with van der Waals surface area (Å²) in [6, 6.07) is 4.11. The van der Waals surface area contributed by atoms with E-state index in [1.54, 1.807) is 0 Å². The van der Waals surface area contributed by atoms with Gasteiger partial charge in [-0.15, -0.1) is 5.10 Å². The van der Waals surface area contributed by atoms with Crippen molar-refractivity contribution in [3.05, 3.63) is 17.8 Å². The summed E-state index contributed by atoms with van der Waals surface area (Å²) in [5, 5.41) is 15.7. The molecule has 6 nitrogen and oxygen atoms in total. The van der Waals surface area contributed by atoms with E-state index in [-0.39, 0.29) is 11.0 Å². The summed E-state index contributed by atoms with van der Waals surface area (Å²) in [6.07, 6.45) is 1.03. The first kappa shape index (κ1) is 19.5. The highest BCUT2D eigenvalue weighted by Gasteiger charge is 2.30. The molecule has 1 aromatic heterocycles. The Kier molecular flexibility index (Phi) is 6.65. The van der Waals surface area contributed by atoms with Gasteiger partial charge in [0.1, 0.15) is 6.29 Å². The quantitative estimate of drug-likeness (QED) is 0.850. The van der Waals surface area contributed by atoms with Gasteiger partial charge in [-0.25, -0.2) is 0 Å². The molecule has 0 radical (unpaired) electrons. The molecule has 1 aliphatic rings. The normalized spacial score (nSPS) is 16.6. The summed E-state index contributed by atoms with van der Waals surface area (Å²) in [5.74, 6) is 0.923. The zero-order chi connectivity index (χ0) is 17.7. The van der Waals surface area contributed by atoms with E-state index in [4.69, 9.17) is 5.11 Å². The third-order valence-corrected chi connectivity index (χ3v) is 4.13. The smallest absolute Gasteiger partial charge is 0.151 e. The number of hydrogen-bond acceptors (Lipinski definition) is 6. The van der Waals surface area contributed by atoms with Crippen molar-refractivity contribution in [1.82, 2.24) is 15.1 Å². The van der Waals surface area contributed by atoms with Crippen molar-refractivity contribution in [3.8, 4) is 0 Å². The van der Waals surface area contributed by atoms with Gasteiger partial charge in [0.25, 0.3) is 0 Å². The van der Waals surface area contributed by atoms with Gasteiger partial charge < -0.3 is 14.8 Å². The minimum atomic E-state index is -0.381. The Bertz CT molecular complexity index is 486. The average molecular weight is 322 g/mol. The van der Waals surface area contributed by atoms with E-state index in [1.165, 1.54) is 0 Å². The molecule has 6 heteroatoms. The predicted molar refractivity (Wildman–Crippen MR) is 92.8 cm³/mol. The van der Waals surface area contributed by atoms with Crippen LogP contribution in [0.4, 0.5) is 5.82 Å². The van der Waals surface area contributed by atoms with Crippen molar-refractivity contribution in [2.75, 3.05) is 38.2 Å². The molecule has 1 N–H and O–H groups in total. The molecule has 2 rings (SSSR count). The van der Waals surface area contributed by atoms with Crippen molar-refractivity contribution in [3.63, 3.8) is 0 Å². The van der Waals surface area contributed by atoms with Crippen molar-refractivity contribution < 1.29 is 9.90 Å². The molecule has 1 aromatic rings. The van der Waals surface area contributed by atoms with E-state index in [0.717, 1.165) is 51.1 Å². The van der Waals surface area contributed by atoms with Gasteiger partial charge in [-0.1, -0.05) is 20.8 Å². The lowest BCUT2D eigenvalue weighted by Crippen LogP contribution is -2.55.